The topological polar surface area (TPSA) is 81.4 Å². The number of nitrogens with zero attached hydrogens (tertiary/aromatic N) is 2. The molecule has 5 nitrogen and oxygen atoms in total. The van der Waals surface area contributed by atoms with Gasteiger partial charge in [-0.25, -0.2) is 4.79 Å². The molecule has 0 spiro atoms. The first-order chi connectivity index (χ1) is 7.66. The minimum absolute atomic E-state index is 0.174. The van der Waals surface area contributed by atoms with Crippen molar-refractivity contribution < 1.29 is 14.7 Å². The number of hydrogen-bond acceptors (Lipinski definition) is 4. The van der Waals surface area contributed by atoms with E-state index in [1.807, 2.05) is 6.07 Å². The van der Waals surface area contributed by atoms with Crippen molar-refractivity contribution in [1.82, 2.24) is 4.90 Å². The lowest BCUT2D eigenvalue weighted by atomic mass is 10.0. The molecule has 16 heavy (non-hydrogen) atoms. The molecular weight excluding hydrogens is 228 g/mol. The average Bonchev–Trinajstić information content (AvgIpc) is 2.29. The van der Waals surface area contributed by atoms with Gasteiger partial charge in [-0.15, -0.1) is 11.8 Å². The number of nitriles is 1. The molecule has 1 aliphatic heterocycles. The lowest BCUT2D eigenvalue weighted by Crippen LogP contribution is -2.48. The SMILES string of the molecule is N#CCSCC(=O)N1CCCC[C@H]1C(=O)O. The molecular formula is C10H14N2O3S. The van der Waals surface area contributed by atoms with Crippen LogP contribution in [0.2, 0.25) is 0 Å². The van der Waals surface area contributed by atoms with Crippen molar-refractivity contribution in [1.29, 1.82) is 5.26 Å². The summed E-state index contributed by atoms with van der Waals surface area (Å²) in [6.45, 7) is 0.517. The lowest BCUT2D eigenvalue weighted by Gasteiger charge is -2.32. The molecule has 1 fully saturated rings. The molecule has 1 amide bonds. The maximum atomic E-state index is 11.7. The summed E-state index contributed by atoms with van der Waals surface area (Å²) in [6, 6.07) is 1.26. The van der Waals surface area contributed by atoms with E-state index < -0.39 is 12.0 Å². The van der Waals surface area contributed by atoms with E-state index in [1.54, 1.807) is 0 Å². The van der Waals surface area contributed by atoms with E-state index in [4.69, 9.17) is 10.4 Å². The highest BCUT2D eigenvalue weighted by atomic mass is 32.2. The van der Waals surface area contributed by atoms with E-state index in [1.165, 1.54) is 16.7 Å². The van der Waals surface area contributed by atoms with Gasteiger partial charge in [0.25, 0.3) is 0 Å². The predicted octanol–water partition coefficient (Wildman–Crippen LogP) is 0.709. The summed E-state index contributed by atoms with van der Waals surface area (Å²) in [6.07, 6.45) is 2.24. The second-order valence-corrected chi connectivity index (χ2v) is 4.57. The zero-order chi connectivity index (χ0) is 12.0. The van der Waals surface area contributed by atoms with E-state index in [2.05, 4.69) is 0 Å². The summed E-state index contributed by atoms with van der Waals surface area (Å²) in [7, 11) is 0. The Hall–Kier alpha value is -1.22. The molecule has 0 aromatic heterocycles. The molecule has 1 saturated heterocycles. The van der Waals surface area contributed by atoms with Crippen LogP contribution in [0.3, 0.4) is 0 Å². The molecule has 6 heteroatoms. The Morgan fingerprint density at radius 3 is 2.88 bits per heavy atom. The zero-order valence-electron chi connectivity index (χ0n) is 8.89. The highest BCUT2D eigenvalue weighted by molar-refractivity contribution is 8.00. The summed E-state index contributed by atoms with van der Waals surface area (Å²) >= 11 is 1.22. The Balaban J connectivity index is 2.51. The summed E-state index contributed by atoms with van der Waals surface area (Å²) in [5, 5.41) is 17.3. The van der Waals surface area contributed by atoms with E-state index in [0.717, 1.165) is 12.8 Å². The van der Waals surface area contributed by atoms with Crippen LogP contribution in [0.1, 0.15) is 19.3 Å². The number of hydrogen-bond donors (Lipinski definition) is 1. The molecule has 0 aromatic carbocycles. The van der Waals surface area contributed by atoms with Crippen molar-refractivity contribution in [3.05, 3.63) is 0 Å². The highest BCUT2D eigenvalue weighted by Crippen LogP contribution is 2.18. The maximum Gasteiger partial charge on any atom is 0.326 e. The van der Waals surface area contributed by atoms with Crippen LogP contribution in [0, 0.1) is 11.3 Å². The van der Waals surface area contributed by atoms with Gasteiger partial charge < -0.3 is 10.0 Å². The van der Waals surface area contributed by atoms with Crippen LogP contribution < -0.4 is 0 Å². The minimum Gasteiger partial charge on any atom is -0.480 e. The normalized spacial score (nSPS) is 20.2. The second kappa shape index (κ2) is 6.38. The van der Waals surface area contributed by atoms with E-state index in [-0.39, 0.29) is 17.4 Å². The fourth-order valence-corrected chi connectivity index (χ4v) is 2.29. The van der Waals surface area contributed by atoms with Gasteiger partial charge in [-0.2, -0.15) is 5.26 Å². The van der Waals surface area contributed by atoms with E-state index in [9.17, 15) is 9.59 Å². The smallest absolute Gasteiger partial charge is 0.326 e. The van der Waals surface area contributed by atoms with Gasteiger partial charge in [0, 0.05) is 6.54 Å². The van der Waals surface area contributed by atoms with Gasteiger partial charge >= 0.3 is 5.97 Å². The Kier molecular flexibility index (Phi) is 5.12. The van der Waals surface area contributed by atoms with Crippen molar-refractivity contribution in [2.45, 2.75) is 25.3 Å². The van der Waals surface area contributed by atoms with Crippen molar-refractivity contribution in [3.63, 3.8) is 0 Å². The first-order valence-electron chi connectivity index (χ1n) is 5.13. The minimum atomic E-state index is -0.932. The lowest BCUT2D eigenvalue weighted by molar-refractivity contribution is -0.150. The van der Waals surface area contributed by atoms with Gasteiger partial charge in [0.2, 0.25) is 5.91 Å². The molecule has 88 valence electrons. The number of carbonyl (C=O) groups excluding carboxylic acids is 1. The van der Waals surface area contributed by atoms with Crippen LogP contribution in [-0.4, -0.2) is 46.0 Å². The largest absolute Gasteiger partial charge is 0.480 e. The fraction of sp³-hybridized carbons (Fsp3) is 0.700. The fourth-order valence-electron chi connectivity index (χ4n) is 1.75. The van der Waals surface area contributed by atoms with Crippen LogP contribution in [0.5, 0.6) is 0 Å². The number of carbonyl (C=O) groups is 2. The first kappa shape index (κ1) is 12.8. The third kappa shape index (κ3) is 3.42. The van der Waals surface area contributed by atoms with Gasteiger partial charge in [0.1, 0.15) is 6.04 Å². The highest BCUT2D eigenvalue weighted by Gasteiger charge is 2.31. The molecule has 1 heterocycles. The van der Waals surface area contributed by atoms with Gasteiger partial charge in [-0.1, -0.05) is 0 Å². The number of carboxylic acids is 1. The second-order valence-electron chi connectivity index (χ2n) is 3.59. The number of piperidine rings is 1. The first-order valence-corrected chi connectivity index (χ1v) is 6.29. The zero-order valence-corrected chi connectivity index (χ0v) is 9.70. The van der Waals surface area contributed by atoms with Crippen LogP contribution in [0.4, 0.5) is 0 Å². The molecule has 1 N–H and O–H groups in total. The molecule has 0 unspecified atom stereocenters. The molecule has 0 radical (unpaired) electrons. The summed E-state index contributed by atoms with van der Waals surface area (Å²) in [4.78, 5) is 24.1. The van der Waals surface area contributed by atoms with Crippen LogP contribution in [-0.2, 0) is 9.59 Å². The Bertz CT molecular complexity index is 314. The quantitative estimate of drug-likeness (QED) is 0.734. The molecule has 0 aromatic rings. The standard InChI is InChI=1S/C10H14N2O3S/c11-4-6-16-7-9(13)12-5-2-1-3-8(12)10(14)15/h8H,1-3,5-7H2,(H,14,15)/t8-/m0/s1. The molecule has 0 saturated carbocycles. The monoisotopic (exact) mass is 242 g/mol. The number of likely N-dealkylation sites (tertiary alicyclic amines) is 1. The van der Waals surface area contributed by atoms with Crippen molar-refractivity contribution in [2.24, 2.45) is 0 Å². The molecule has 1 rings (SSSR count). The summed E-state index contributed by atoms with van der Waals surface area (Å²) in [5.74, 6) is -0.653. The number of thioether (sulfide) groups is 1. The third-order valence-corrected chi connectivity index (χ3v) is 3.28. The van der Waals surface area contributed by atoms with Crippen molar-refractivity contribution >= 4 is 23.6 Å². The predicted molar refractivity (Wildman–Crippen MR) is 59.9 cm³/mol. The van der Waals surface area contributed by atoms with Crippen LogP contribution in [0.25, 0.3) is 0 Å². The summed E-state index contributed by atoms with van der Waals surface area (Å²) < 4.78 is 0. The van der Waals surface area contributed by atoms with E-state index in [0.29, 0.717) is 13.0 Å². The molecule has 1 atom stereocenters. The van der Waals surface area contributed by atoms with Gasteiger partial charge in [-0.3, -0.25) is 4.79 Å². The number of rotatable bonds is 4. The van der Waals surface area contributed by atoms with Crippen molar-refractivity contribution in [2.75, 3.05) is 18.1 Å². The van der Waals surface area contributed by atoms with Crippen LogP contribution >= 0.6 is 11.8 Å². The van der Waals surface area contributed by atoms with Crippen molar-refractivity contribution in [3.8, 4) is 6.07 Å². The molecule has 0 aliphatic carbocycles. The number of carboxylic acid groups (broad SMARTS) is 1. The Morgan fingerprint density at radius 1 is 1.50 bits per heavy atom. The van der Waals surface area contributed by atoms with Gasteiger partial charge in [0.05, 0.1) is 17.6 Å². The molecule has 1 aliphatic rings. The van der Waals surface area contributed by atoms with E-state index >= 15 is 0 Å². The average molecular weight is 242 g/mol. The third-order valence-electron chi connectivity index (χ3n) is 2.50. The molecule has 0 bridgehead atoms. The number of aliphatic carboxylic acids is 1. The Morgan fingerprint density at radius 2 is 2.25 bits per heavy atom. The van der Waals surface area contributed by atoms with Gasteiger partial charge in [0.15, 0.2) is 0 Å². The Labute approximate surface area is 98.4 Å². The summed E-state index contributed by atoms with van der Waals surface area (Å²) in [5.41, 5.74) is 0. The van der Waals surface area contributed by atoms with Gasteiger partial charge in [-0.05, 0) is 19.3 Å². The number of amides is 1. The van der Waals surface area contributed by atoms with Crippen LogP contribution in [0.15, 0.2) is 0 Å². The maximum absolute atomic E-state index is 11.7.